The van der Waals surface area contributed by atoms with Gasteiger partial charge in [-0.1, -0.05) is 12.1 Å². The lowest BCUT2D eigenvalue weighted by molar-refractivity contribution is -0.147. The third-order valence-electron chi connectivity index (χ3n) is 5.80. The van der Waals surface area contributed by atoms with Crippen LogP contribution < -0.4 is 10.1 Å². The van der Waals surface area contributed by atoms with Gasteiger partial charge in [0.1, 0.15) is 11.8 Å². The molecule has 3 rings (SSSR count). The summed E-state index contributed by atoms with van der Waals surface area (Å²) in [4.78, 5) is 41.5. The second-order valence-corrected chi connectivity index (χ2v) is 7.86. The Morgan fingerprint density at radius 3 is 2.34 bits per heavy atom. The maximum Gasteiger partial charge on any atom is 0.245 e. The van der Waals surface area contributed by atoms with Crippen LogP contribution in [0.15, 0.2) is 24.3 Å². The SMILES string of the molecule is COc1ccc(C(CC(=O)N2CCCCC2C(=O)N2CCCC2)NC(C)=O)cc1. The highest BCUT2D eigenvalue weighted by Gasteiger charge is 2.36. The quantitative estimate of drug-likeness (QED) is 0.793. The van der Waals surface area contributed by atoms with Crippen molar-refractivity contribution in [1.82, 2.24) is 15.1 Å². The molecular weight excluding hydrogens is 370 g/mol. The molecule has 2 saturated heterocycles. The second-order valence-electron chi connectivity index (χ2n) is 7.86. The molecule has 1 N–H and O–H groups in total. The summed E-state index contributed by atoms with van der Waals surface area (Å²) in [6.45, 7) is 3.62. The van der Waals surface area contributed by atoms with Crippen molar-refractivity contribution in [2.24, 2.45) is 0 Å². The van der Waals surface area contributed by atoms with E-state index in [2.05, 4.69) is 5.32 Å². The number of benzene rings is 1. The van der Waals surface area contributed by atoms with E-state index in [9.17, 15) is 14.4 Å². The highest BCUT2D eigenvalue weighted by molar-refractivity contribution is 5.88. The van der Waals surface area contributed by atoms with Crippen molar-refractivity contribution >= 4 is 17.7 Å². The van der Waals surface area contributed by atoms with Crippen LogP contribution in [0, 0.1) is 0 Å². The minimum atomic E-state index is -0.435. The van der Waals surface area contributed by atoms with Crippen molar-refractivity contribution in [3.8, 4) is 5.75 Å². The average molecular weight is 402 g/mol. The van der Waals surface area contributed by atoms with E-state index >= 15 is 0 Å². The number of amides is 3. The molecule has 29 heavy (non-hydrogen) atoms. The molecule has 7 heteroatoms. The standard InChI is InChI=1S/C22H31N3O4/c1-16(26)23-19(17-8-10-18(29-2)11-9-17)15-21(27)25-14-4-3-7-20(25)22(28)24-12-5-6-13-24/h8-11,19-20H,3-7,12-15H2,1-2H3,(H,23,26). The summed E-state index contributed by atoms with van der Waals surface area (Å²) >= 11 is 0. The number of methoxy groups -OCH3 is 1. The zero-order valence-corrected chi connectivity index (χ0v) is 17.4. The molecule has 2 aliphatic rings. The van der Waals surface area contributed by atoms with Gasteiger partial charge in [0.2, 0.25) is 17.7 Å². The van der Waals surface area contributed by atoms with Gasteiger partial charge in [0, 0.05) is 26.6 Å². The van der Waals surface area contributed by atoms with Gasteiger partial charge in [0.15, 0.2) is 0 Å². The van der Waals surface area contributed by atoms with Crippen LogP contribution in [0.2, 0.25) is 0 Å². The number of likely N-dealkylation sites (tertiary alicyclic amines) is 2. The molecule has 1 aromatic carbocycles. The summed E-state index contributed by atoms with van der Waals surface area (Å²) in [5, 5.41) is 2.88. The van der Waals surface area contributed by atoms with E-state index in [1.807, 2.05) is 29.2 Å². The molecule has 0 bridgehead atoms. The lowest BCUT2D eigenvalue weighted by atomic mass is 9.97. The Balaban J connectivity index is 1.73. The molecule has 0 radical (unpaired) electrons. The van der Waals surface area contributed by atoms with E-state index in [1.165, 1.54) is 6.92 Å². The van der Waals surface area contributed by atoms with E-state index in [0.29, 0.717) is 18.7 Å². The van der Waals surface area contributed by atoms with Crippen LogP contribution in [0.3, 0.4) is 0 Å². The Morgan fingerprint density at radius 1 is 1.07 bits per heavy atom. The number of piperidine rings is 1. The Kier molecular flexibility index (Phi) is 7.12. The van der Waals surface area contributed by atoms with E-state index in [1.54, 1.807) is 12.0 Å². The zero-order chi connectivity index (χ0) is 20.8. The second kappa shape index (κ2) is 9.76. The van der Waals surface area contributed by atoms with Crippen LogP contribution in [0.5, 0.6) is 5.75 Å². The maximum absolute atomic E-state index is 13.2. The predicted octanol–water partition coefficient (Wildman–Crippen LogP) is 2.27. The first kappa shape index (κ1) is 21.1. The molecule has 0 aliphatic carbocycles. The summed E-state index contributed by atoms with van der Waals surface area (Å²) < 4.78 is 5.19. The molecule has 0 spiro atoms. The van der Waals surface area contributed by atoms with E-state index < -0.39 is 6.04 Å². The predicted molar refractivity (Wildman–Crippen MR) is 109 cm³/mol. The first-order valence-corrected chi connectivity index (χ1v) is 10.5. The molecule has 2 unspecified atom stereocenters. The minimum Gasteiger partial charge on any atom is -0.497 e. The number of carbonyl (C=O) groups is 3. The highest BCUT2D eigenvalue weighted by atomic mass is 16.5. The summed E-state index contributed by atoms with van der Waals surface area (Å²) in [6, 6.07) is 6.54. The van der Waals surface area contributed by atoms with E-state index in [4.69, 9.17) is 4.74 Å². The normalized spacial score (nSPS) is 20.3. The molecule has 2 heterocycles. The van der Waals surface area contributed by atoms with Crippen molar-refractivity contribution in [3.05, 3.63) is 29.8 Å². The molecule has 0 saturated carbocycles. The average Bonchev–Trinajstić information content (AvgIpc) is 3.27. The van der Waals surface area contributed by atoms with Crippen LogP contribution >= 0.6 is 0 Å². The first-order chi connectivity index (χ1) is 14.0. The number of nitrogens with zero attached hydrogens (tertiary/aromatic N) is 2. The minimum absolute atomic E-state index is 0.0797. The third-order valence-corrected chi connectivity index (χ3v) is 5.80. The van der Waals surface area contributed by atoms with Crippen LogP contribution in [-0.4, -0.2) is 60.3 Å². The van der Waals surface area contributed by atoms with Gasteiger partial charge in [-0.3, -0.25) is 14.4 Å². The lowest BCUT2D eigenvalue weighted by Gasteiger charge is -2.37. The largest absolute Gasteiger partial charge is 0.497 e. The van der Waals surface area contributed by atoms with Crippen molar-refractivity contribution in [2.75, 3.05) is 26.7 Å². The van der Waals surface area contributed by atoms with Crippen molar-refractivity contribution in [1.29, 1.82) is 0 Å². The van der Waals surface area contributed by atoms with Gasteiger partial charge < -0.3 is 19.9 Å². The first-order valence-electron chi connectivity index (χ1n) is 10.5. The Hall–Kier alpha value is -2.57. The molecule has 7 nitrogen and oxygen atoms in total. The molecule has 158 valence electrons. The topological polar surface area (TPSA) is 79.0 Å². The Labute approximate surface area is 172 Å². The van der Waals surface area contributed by atoms with Crippen molar-refractivity contribution in [2.45, 2.75) is 57.5 Å². The fourth-order valence-corrected chi connectivity index (χ4v) is 4.26. The lowest BCUT2D eigenvalue weighted by Crippen LogP contribution is -2.53. The number of nitrogens with one attached hydrogen (secondary N) is 1. The fraction of sp³-hybridized carbons (Fsp3) is 0.591. The summed E-state index contributed by atoms with van der Waals surface area (Å²) in [5.74, 6) is 0.517. The number of ether oxygens (including phenoxy) is 1. The number of rotatable bonds is 6. The van der Waals surface area contributed by atoms with Crippen LogP contribution in [0.1, 0.15) is 57.1 Å². The highest BCUT2D eigenvalue weighted by Crippen LogP contribution is 2.26. The van der Waals surface area contributed by atoms with Crippen LogP contribution in [0.25, 0.3) is 0 Å². The molecule has 2 atom stereocenters. The monoisotopic (exact) mass is 401 g/mol. The molecule has 2 fully saturated rings. The third kappa shape index (κ3) is 5.28. The van der Waals surface area contributed by atoms with Gasteiger partial charge in [0.25, 0.3) is 0 Å². The number of carbonyl (C=O) groups excluding carboxylic acids is 3. The van der Waals surface area contributed by atoms with Gasteiger partial charge in [-0.05, 0) is 49.8 Å². The molecule has 2 aliphatic heterocycles. The maximum atomic E-state index is 13.2. The summed E-state index contributed by atoms with van der Waals surface area (Å²) in [6.07, 6.45) is 4.79. The van der Waals surface area contributed by atoms with Crippen LogP contribution in [-0.2, 0) is 14.4 Å². The summed E-state index contributed by atoms with van der Waals surface area (Å²) in [7, 11) is 1.59. The van der Waals surface area contributed by atoms with Gasteiger partial charge in [-0.15, -0.1) is 0 Å². The van der Waals surface area contributed by atoms with Crippen molar-refractivity contribution < 1.29 is 19.1 Å². The molecular formula is C22H31N3O4. The van der Waals surface area contributed by atoms with Gasteiger partial charge in [-0.2, -0.15) is 0 Å². The smallest absolute Gasteiger partial charge is 0.245 e. The van der Waals surface area contributed by atoms with E-state index in [0.717, 1.165) is 44.3 Å². The van der Waals surface area contributed by atoms with Gasteiger partial charge >= 0.3 is 0 Å². The molecule has 3 amide bonds. The molecule has 1 aromatic rings. The van der Waals surface area contributed by atoms with Gasteiger partial charge in [0.05, 0.1) is 19.6 Å². The Bertz CT molecular complexity index is 728. The van der Waals surface area contributed by atoms with Crippen molar-refractivity contribution in [3.63, 3.8) is 0 Å². The summed E-state index contributed by atoms with van der Waals surface area (Å²) in [5.41, 5.74) is 0.841. The molecule has 0 aromatic heterocycles. The van der Waals surface area contributed by atoms with E-state index in [-0.39, 0.29) is 30.2 Å². The number of hydrogen-bond acceptors (Lipinski definition) is 4. The zero-order valence-electron chi connectivity index (χ0n) is 17.4. The number of hydrogen-bond donors (Lipinski definition) is 1. The Morgan fingerprint density at radius 2 is 1.72 bits per heavy atom. The fourth-order valence-electron chi connectivity index (χ4n) is 4.26. The van der Waals surface area contributed by atoms with Gasteiger partial charge in [-0.25, -0.2) is 0 Å². The van der Waals surface area contributed by atoms with Crippen LogP contribution in [0.4, 0.5) is 0 Å².